The summed E-state index contributed by atoms with van der Waals surface area (Å²) in [6.07, 6.45) is -3.17. The molecule has 0 radical (unpaired) electrons. The van der Waals surface area contributed by atoms with Gasteiger partial charge in [-0.1, -0.05) is 0 Å². The van der Waals surface area contributed by atoms with Crippen LogP contribution in [-0.2, 0) is 0 Å². The Kier molecular flexibility index (Phi) is 3.12. The first-order valence-electron chi connectivity index (χ1n) is 5.26. The van der Waals surface area contributed by atoms with Crippen molar-refractivity contribution in [3.8, 4) is 0 Å². The molecule has 1 aromatic rings. The molecule has 0 saturated heterocycles. The maximum Gasteiger partial charge on any atom is 0.411 e. The quantitative estimate of drug-likeness (QED) is 0.909. The van der Waals surface area contributed by atoms with E-state index in [9.17, 15) is 18.0 Å². The van der Waals surface area contributed by atoms with Gasteiger partial charge in [-0.05, 0) is 47.3 Å². The van der Waals surface area contributed by atoms with Crippen LogP contribution in [0.3, 0.4) is 0 Å². The van der Waals surface area contributed by atoms with Crippen molar-refractivity contribution in [3.05, 3.63) is 28.0 Å². The van der Waals surface area contributed by atoms with Gasteiger partial charge in [0.05, 0.1) is 0 Å². The number of carbonyl (C=O) groups is 1. The van der Waals surface area contributed by atoms with E-state index in [1.807, 2.05) is 5.32 Å². The summed E-state index contributed by atoms with van der Waals surface area (Å²) in [5.41, 5.74) is -1.50. The first kappa shape index (κ1) is 13.3. The maximum atomic E-state index is 12.7. The maximum absolute atomic E-state index is 12.7. The van der Waals surface area contributed by atoms with Gasteiger partial charge in [-0.3, -0.25) is 4.79 Å². The molecule has 0 aliphatic heterocycles. The minimum atomic E-state index is -4.41. The fraction of sp³-hybridized carbons (Fsp3) is 0.455. The molecule has 1 fully saturated rings. The van der Waals surface area contributed by atoms with Crippen molar-refractivity contribution < 1.29 is 18.0 Å². The number of aryl methyl sites for hydroxylation is 1. The highest BCUT2D eigenvalue weighted by Gasteiger charge is 2.64. The number of pyridine rings is 1. The zero-order valence-corrected chi connectivity index (χ0v) is 11.0. The molecule has 1 amide bonds. The van der Waals surface area contributed by atoms with Crippen molar-refractivity contribution in [2.45, 2.75) is 31.5 Å². The topological polar surface area (TPSA) is 42.0 Å². The van der Waals surface area contributed by atoms with E-state index < -0.39 is 17.6 Å². The third-order valence-corrected chi connectivity index (χ3v) is 3.34. The van der Waals surface area contributed by atoms with E-state index in [0.29, 0.717) is 10.0 Å². The molecule has 1 aliphatic rings. The first-order chi connectivity index (χ1) is 8.25. The lowest BCUT2D eigenvalue weighted by Gasteiger charge is -2.20. The van der Waals surface area contributed by atoms with Gasteiger partial charge in [-0.15, -0.1) is 0 Å². The van der Waals surface area contributed by atoms with Crippen LogP contribution in [0.1, 0.15) is 28.9 Å². The Morgan fingerprint density at radius 2 is 2.11 bits per heavy atom. The van der Waals surface area contributed by atoms with Gasteiger partial charge in [0.15, 0.2) is 0 Å². The second-order valence-electron chi connectivity index (χ2n) is 4.35. The normalized spacial score (nSPS) is 17.4. The molecule has 1 N–H and O–H groups in total. The van der Waals surface area contributed by atoms with Gasteiger partial charge in [-0.2, -0.15) is 13.2 Å². The fourth-order valence-electron chi connectivity index (χ4n) is 1.66. The Bertz CT molecular complexity index is 498. The van der Waals surface area contributed by atoms with Gasteiger partial charge in [0, 0.05) is 10.7 Å². The summed E-state index contributed by atoms with van der Waals surface area (Å²) in [5.74, 6) is -0.783. The smallest absolute Gasteiger partial charge is 0.336 e. The first-order valence-corrected chi connectivity index (χ1v) is 6.06. The Labute approximate surface area is 110 Å². The van der Waals surface area contributed by atoms with E-state index >= 15 is 0 Å². The lowest BCUT2D eigenvalue weighted by Crippen LogP contribution is -2.48. The number of hydrogen-bond donors (Lipinski definition) is 1. The predicted octanol–water partition coefficient (Wildman–Crippen LogP) is 2.98. The average Bonchev–Trinajstić information content (AvgIpc) is 2.97. The van der Waals surface area contributed by atoms with E-state index in [2.05, 4.69) is 20.9 Å². The molecule has 3 nitrogen and oxygen atoms in total. The van der Waals surface area contributed by atoms with Gasteiger partial charge in [0.2, 0.25) is 0 Å². The predicted molar refractivity (Wildman–Crippen MR) is 62.2 cm³/mol. The Morgan fingerprint density at radius 1 is 1.50 bits per heavy atom. The van der Waals surface area contributed by atoms with Crippen LogP contribution >= 0.6 is 15.9 Å². The lowest BCUT2D eigenvalue weighted by atomic mass is 10.2. The fourth-order valence-corrected chi connectivity index (χ4v) is 2.10. The van der Waals surface area contributed by atoms with Crippen molar-refractivity contribution in [2.75, 3.05) is 0 Å². The second kappa shape index (κ2) is 4.22. The molecule has 1 aliphatic carbocycles. The van der Waals surface area contributed by atoms with Gasteiger partial charge < -0.3 is 5.32 Å². The van der Waals surface area contributed by atoms with Gasteiger partial charge >= 0.3 is 6.18 Å². The number of rotatable bonds is 2. The molecule has 2 rings (SSSR count). The minimum absolute atomic E-state index is 0.0220. The molecule has 1 saturated carbocycles. The van der Waals surface area contributed by atoms with Crippen LogP contribution in [0.5, 0.6) is 0 Å². The molecule has 98 valence electrons. The van der Waals surface area contributed by atoms with E-state index in [4.69, 9.17) is 0 Å². The van der Waals surface area contributed by atoms with E-state index in [-0.39, 0.29) is 18.5 Å². The SMILES string of the molecule is Cc1cc(Br)cnc1C(=O)NC1(C(F)(F)F)CC1. The van der Waals surface area contributed by atoms with Crippen LogP contribution in [0.2, 0.25) is 0 Å². The average molecular weight is 323 g/mol. The number of nitrogens with zero attached hydrogens (tertiary/aromatic N) is 1. The molecule has 0 bridgehead atoms. The largest absolute Gasteiger partial charge is 0.411 e. The number of carbonyl (C=O) groups excluding carboxylic acids is 1. The molecular formula is C11H10BrF3N2O. The molecule has 0 unspecified atom stereocenters. The molecule has 1 heterocycles. The number of alkyl halides is 3. The number of nitrogens with one attached hydrogen (secondary N) is 1. The molecule has 1 aromatic heterocycles. The van der Waals surface area contributed by atoms with Gasteiger partial charge in [0.1, 0.15) is 11.2 Å². The van der Waals surface area contributed by atoms with Crippen molar-refractivity contribution >= 4 is 21.8 Å². The molecular weight excluding hydrogens is 313 g/mol. The molecule has 18 heavy (non-hydrogen) atoms. The van der Waals surface area contributed by atoms with Crippen LogP contribution in [0.4, 0.5) is 13.2 Å². The van der Waals surface area contributed by atoms with E-state index in [1.165, 1.54) is 6.20 Å². The van der Waals surface area contributed by atoms with Crippen molar-refractivity contribution in [2.24, 2.45) is 0 Å². The van der Waals surface area contributed by atoms with E-state index in [1.54, 1.807) is 13.0 Å². The Balaban J connectivity index is 2.19. The van der Waals surface area contributed by atoms with Crippen molar-refractivity contribution in [1.29, 1.82) is 0 Å². The van der Waals surface area contributed by atoms with Gasteiger partial charge in [0.25, 0.3) is 5.91 Å². The monoisotopic (exact) mass is 322 g/mol. The van der Waals surface area contributed by atoms with Crippen LogP contribution in [0.15, 0.2) is 16.7 Å². The summed E-state index contributed by atoms with van der Waals surface area (Å²) in [5, 5.41) is 2.04. The lowest BCUT2D eigenvalue weighted by molar-refractivity contribution is -0.163. The highest BCUT2D eigenvalue weighted by Crippen LogP contribution is 2.49. The summed E-state index contributed by atoms with van der Waals surface area (Å²) in [6.45, 7) is 1.62. The standard InChI is InChI=1S/C11H10BrF3N2O/c1-6-4-7(12)5-16-8(6)9(18)17-10(2-3-10)11(13,14)15/h4-5H,2-3H2,1H3,(H,17,18). The zero-order chi connectivity index (χ0) is 13.6. The Morgan fingerprint density at radius 3 is 2.56 bits per heavy atom. The summed E-state index contributed by atoms with van der Waals surface area (Å²) in [6, 6.07) is 1.63. The minimum Gasteiger partial charge on any atom is -0.336 e. The number of aromatic nitrogens is 1. The Hall–Kier alpha value is -1.11. The van der Waals surface area contributed by atoms with Gasteiger partial charge in [-0.25, -0.2) is 4.98 Å². The third-order valence-electron chi connectivity index (χ3n) is 2.91. The van der Waals surface area contributed by atoms with Crippen molar-refractivity contribution in [3.63, 3.8) is 0 Å². The van der Waals surface area contributed by atoms with Crippen LogP contribution in [0, 0.1) is 6.92 Å². The third kappa shape index (κ3) is 2.36. The second-order valence-corrected chi connectivity index (χ2v) is 5.27. The van der Waals surface area contributed by atoms with Crippen LogP contribution in [0.25, 0.3) is 0 Å². The van der Waals surface area contributed by atoms with Crippen molar-refractivity contribution in [1.82, 2.24) is 10.3 Å². The van der Waals surface area contributed by atoms with Crippen LogP contribution in [-0.4, -0.2) is 22.6 Å². The summed E-state index contributed by atoms with van der Waals surface area (Å²) < 4.78 is 38.8. The number of hydrogen-bond acceptors (Lipinski definition) is 2. The number of halogens is 4. The number of amides is 1. The summed E-state index contributed by atoms with van der Waals surface area (Å²) in [4.78, 5) is 15.6. The molecule has 0 atom stereocenters. The summed E-state index contributed by atoms with van der Waals surface area (Å²) >= 11 is 3.18. The van der Waals surface area contributed by atoms with E-state index in [0.717, 1.165) is 0 Å². The highest BCUT2D eigenvalue weighted by atomic mass is 79.9. The summed E-state index contributed by atoms with van der Waals surface area (Å²) in [7, 11) is 0. The van der Waals surface area contributed by atoms with Crippen LogP contribution < -0.4 is 5.32 Å². The molecule has 7 heteroatoms. The molecule has 0 aromatic carbocycles. The zero-order valence-electron chi connectivity index (χ0n) is 9.44. The highest BCUT2D eigenvalue weighted by molar-refractivity contribution is 9.10. The molecule has 0 spiro atoms.